The van der Waals surface area contributed by atoms with Crippen molar-refractivity contribution in [1.82, 2.24) is 19.9 Å². The lowest BCUT2D eigenvalue weighted by molar-refractivity contribution is 0.0932. The minimum absolute atomic E-state index is 0.0249. The number of rotatable bonds is 6. The van der Waals surface area contributed by atoms with Crippen molar-refractivity contribution in [3.8, 4) is 5.75 Å². The first-order valence-electron chi connectivity index (χ1n) is 8.41. The maximum absolute atomic E-state index is 14.7. The third-order valence-electron chi connectivity index (χ3n) is 4.01. The highest BCUT2D eigenvalue weighted by Gasteiger charge is 2.21. The first-order chi connectivity index (χ1) is 14.0. The highest BCUT2D eigenvalue weighted by atomic mass is 35.5. The van der Waals surface area contributed by atoms with Crippen LogP contribution in [0.1, 0.15) is 15.4 Å². The van der Waals surface area contributed by atoms with Gasteiger partial charge in [-0.25, -0.2) is 18.7 Å². The topological polar surface area (TPSA) is 69.0 Å². The summed E-state index contributed by atoms with van der Waals surface area (Å²) in [4.78, 5) is 20.5. The van der Waals surface area contributed by atoms with Crippen molar-refractivity contribution < 1.29 is 18.3 Å². The minimum Gasteiger partial charge on any atom is -0.483 e. The van der Waals surface area contributed by atoms with Crippen LogP contribution in [0.4, 0.5) is 8.78 Å². The molecule has 10 heteroatoms. The molecule has 1 N–H and O–H groups in total. The summed E-state index contributed by atoms with van der Waals surface area (Å²) in [6.45, 7) is -0.00727. The van der Waals surface area contributed by atoms with Crippen LogP contribution in [0, 0.1) is 11.6 Å². The fraction of sp³-hybridized carbons (Fsp3) is 0.105. The molecule has 0 aliphatic carbocycles. The highest BCUT2D eigenvalue weighted by molar-refractivity contribution is 7.18. The number of thiazole rings is 1. The molecule has 4 aromatic rings. The van der Waals surface area contributed by atoms with Crippen molar-refractivity contribution in [2.24, 2.45) is 0 Å². The van der Waals surface area contributed by atoms with E-state index in [1.54, 1.807) is 22.9 Å². The van der Waals surface area contributed by atoms with E-state index in [0.29, 0.717) is 15.5 Å². The van der Waals surface area contributed by atoms with Gasteiger partial charge in [-0.3, -0.25) is 4.79 Å². The Morgan fingerprint density at radius 2 is 2.14 bits per heavy atom. The first-order valence-corrected chi connectivity index (χ1v) is 9.60. The molecule has 148 valence electrons. The largest absolute Gasteiger partial charge is 0.483 e. The van der Waals surface area contributed by atoms with Gasteiger partial charge >= 0.3 is 0 Å². The van der Waals surface area contributed by atoms with Crippen molar-refractivity contribution in [3.05, 3.63) is 76.3 Å². The van der Waals surface area contributed by atoms with Gasteiger partial charge in [-0.05, 0) is 30.3 Å². The van der Waals surface area contributed by atoms with Crippen LogP contribution in [0.25, 0.3) is 10.2 Å². The summed E-state index contributed by atoms with van der Waals surface area (Å²) in [6.07, 6.45) is 4.60. The number of carbonyl (C=O) groups is 1. The van der Waals surface area contributed by atoms with E-state index in [4.69, 9.17) is 16.3 Å². The number of imidazole rings is 1. The average molecular weight is 435 g/mol. The molecule has 0 aliphatic heterocycles. The van der Waals surface area contributed by atoms with Crippen molar-refractivity contribution >= 4 is 39.1 Å². The van der Waals surface area contributed by atoms with E-state index in [1.807, 2.05) is 6.07 Å². The minimum atomic E-state index is -1.07. The van der Waals surface area contributed by atoms with Crippen LogP contribution in [0.3, 0.4) is 0 Å². The SMILES string of the molecule is O=C(NCn1ccnc1)c1c(F)ccc(OCc2nc3cc(Cl)ccc3s2)c1F. The Morgan fingerprint density at radius 3 is 2.93 bits per heavy atom. The quantitative estimate of drug-likeness (QED) is 0.488. The van der Waals surface area contributed by atoms with Gasteiger partial charge < -0.3 is 14.6 Å². The molecule has 2 heterocycles. The number of hydrogen-bond acceptors (Lipinski definition) is 5. The number of benzene rings is 2. The zero-order chi connectivity index (χ0) is 20.4. The second kappa shape index (κ2) is 8.14. The average Bonchev–Trinajstić information content (AvgIpc) is 3.34. The Labute approximate surface area is 172 Å². The van der Waals surface area contributed by atoms with Crippen molar-refractivity contribution in [1.29, 1.82) is 0 Å². The number of ether oxygens (including phenoxy) is 1. The van der Waals surface area contributed by atoms with Crippen LogP contribution in [0.15, 0.2) is 49.1 Å². The van der Waals surface area contributed by atoms with Gasteiger partial charge in [0.2, 0.25) is 0 Å². The smallest absolute Gasteiger partial charge is 0.258 e. The lowest BCUT2D eigenvalue weighted by atomic mass is 10.1. The van der Waals surface area contributed by atoms with E-state index in [-0.39, 0.29) is 19.0 Å². The number of halogens is 3. The van der Waals surface area contributed by atoms with Crippen LogP contribution in [-0.2, 0) is 13.3 Å². The van der Waals surface area contributed by atoms with E-state index in [1.165, 1.54) is 23.9 Å². The molecule has 2 aromatic carbocycles. The maximum atomic E-state index is 14.7. The number of carbonyl (C=O) groups excluding carboxylic acids is 1. The zero-order valence-electron chi connectivity index (χ0n) is 14.7. The summed E-state index contributed by atoms with van der Waals surface area (Å²) in [5, 5.41) is 3.59. The molecule has 29 heavy (non-hydrogen) atoms. The number of nitrogens with one attached hydrogen (secondary N) is 1. The molecule has 0 aliphatic rings. The third-order valence-corrected chi connectivity index (χ3v) is 5.25. The van der Waals surface area contributed by atoms with Crippen LogP contribution in [-0.4, -0.2) is 20.4 Å². The summed E-state index contributed by atoms with van der Waals surface area (Å²) in [5.41, 5.74) is -0.000978. The monoisotopic (exact) mass is 434 g/mol. The van der Waals surface area contributed by atoms with Gasteiger partial charge in [-0.1, -0.05) is 11.6 Å². The number of fused-ring (bicyclic) bond motifs is 1. The van der Waals surface area contributed by atoms with Gasteiger partial charge in [0.25, 0.3) is 5.91 Å². The molecule has 1 amide bonds. The number of aromatic nitrogens is 3. The molecular weight excluding hydrogens is 422 g/mol. The van der Waals surface area contributed by atoms with Crippen molar-refractivity contribution in [3.63, 3.8) is 0 Å². The number of hydrogen-bond donors (Lipinski definition) is 1. The van der Waals surface area contributed by atoms with Gasteiger partial charge in [0.1, 0.15) is 23.0 Å². The van der Waals surface area contributed by atoms with Crippen LogP contribution >= 0.6 is 22.9 Å². The van der Waals surface area contributed by atoms with Crippen LogP contribution in [0.5, 0.6) is 5.75 Å². The molecule has 4 rings (SSSR count). The standard InChI is InChI=1S/C19H13ClF2N4O2S/c20-11-1-4-15-13(7-11)25-16(29-15)8-28-14-3-2-12(21)17(18(14)22)19(27)24-10-26-6-5-23-9-26/h1-7,9H,8,10H2,(H,24,27). The van der Waals surface area contributed by atoms with Crippen molar-refractivity contribution in [2.45, 2.75) is 13.3 Å². The Hall–Kier alpha value is -3.04. The van der Waals surface area contributed by atoms with E-state index < -0.39 is 23.1 Å². The highest BCUT2D eigenvalue weighted by Crippen LogP contribution is 2.28. The number of amides is 1. The second-order valence-electron chi connectivity index (χ2n) is 5.98. The predicted molar refractivity (Wildman–Crippen MR) is 105 cm³/mol. The predicted octanol–water partition coefficient (Wildman–Crippen LogP) is 4.39. The number of nitrogens with zero attached hydrogens (tertiary/aromatic N) is 3. The normalized spacial score (nSPS) is 11.0. The molecule has 0 fully saturated rings. The fourth-order valence-corrected chi connectivity index (χ4v) is 3.66. The van der Waals surface area contributed by atoms with Crippen molar-refractivity contribution in [2.75, 3.05) is 0 Å². The molecule has 0 unspecified atom stereocenters. The summed E-state index contributed by atoms with van der Waals surface area (Å²) in [7, 11) is 0. The lowest BCUT2D eigenvalue weighted by Gasteiger charge is -2.11. The van der Waals surface area contributed by atoms with Crippen LogP contribution < -0.4 is 10.1 Å². The summed E-state index contributed by atoms with van der Waals surface area (Å²) >= 11 is 7.32. The third kappa shape index (κ3) is 4.20. The molecule has 0 atom stereocenters. The molecule has 0 saturated carbocycles. The maximum Gasteiger partial charge on any atom is 0.258 e. The molecule has 0 spiro atoms. The van der Waals surface area contributed by atoms with Crippen LogP contribution in [0.2, 0.25) is 5.02 Å². The van der Waals surface area contributed by atoms with Gasteiger partial charge in [-0.15, -0.1) is 11.3 Å². The Morgan fingerprint density at radius 1 is 1.28 bits per heavy atom. The summed E-state index contributed by atoms with van der Waals surface area (Å²) in [5.74, 6) is -3.19. The zero-order valence-corrected chi connectivity index (χ0v) is 16.3. The van der Waals surface area contributed by atoms with E-state index in [9.17, 15) is 13.6 Å². The first kappa shape index (κ1) is 19.3. The van der Waals surface area contributed by atoms with Gasteiger partial charge in [-0.2, -0.15) is 0 Å². The van der Waals surface area contributed by atoms with Gasteiger partial charge in [0.05, 0.1) is 23.2 Å². The summed E-state index contributed by atoms with van der Waals surface area (Å²) in [6, 6.07) is 7.43. The summed E-state index contributed by atoms with van der Waals surface area (Å²) < 4.78 is 36.7. The van der Waals surface area contributed by atoms with E-state index >= 15 is 0 Å². The molecular formula is C19H13ClF2N4O2S. The Bertz CT molecular complexity index is 1180. The molecule has 0 bridgehead atoms. The molecule has 0 saturated heterocycles. The fourth-order valence-electron chi connectivity index (χ4n) is 2.63. The molecule has 0 radical (unpaired) electrons. The van der Waals surface area contributed by atoms with E-state index in [2.05, 4.69) is 15.3 Å². The van der Waals surface area contributed by atoms with Gasteiger partial charge in [0, 0.05) is 17.4 Å². The second-order valence-corrected chi connectivity index (χ2v) is 7.54. The Kier molecular flexibility index (Phi) is 5.41. The molecule has 6 nitrogen and oxygen atoms in total. The van der Waals surface area contributed by atoms with Gasteiger partial charge in [0.15, 0.2) is 11.6 Å². The lowest BCUT2D eigenvalue weighted by Crippen LogP contribution is -2.27. The van der Waals surface area contributed by atoms with E-state index in [0.717, 1.165) is 16.8 Å². The Balaban J connectivity index is 1.50. The molecule has 2 aromatic heterocycles.